The van der Waals surface area contributed by atoms with Crippen molar-refractivity contribution in [1.82, 2.24) is 4.90 Å². The van der Waals surface area contributed by atoms with Crippen molar-refractivity contribution in [2.24, 2.45) is 11.7 Å². The van der Waals surface area contributed by atoms with Crippen molar-refractivity contribution in [3.05, 3.63) is 20.8 Å². The molecular weight excluding hydrogens is 320 g/mol. The molecule has 0 radical (unpaired) electrons. The van der Waals surface area contributed by atoms with Crippen LogP contribution in [0.15, 0.2) is 15.9 Å². The van der Waals surface area contributed by atoms with Crippen LogP contribution >= 0.6 is 27.3 Å². The van der Waals surface area contributed by atoms with Gasteiger partial charge in [-0.2, -0.15) is 0 Å². The maximum Gasteiger partial charge on any atom is 0.0596 e. The predicted molar refractivity (Wildman–Crippen MR) is 87.6 cm³/mol. The summed E-state index contributed by atoms with van der Waals surface area (Å²) in [5.74, 6) is 0.690. The van der Waals surface area contributed by atoms with Crippen LogP contribution in [0.25, 0.3) is 0 Å². The van der Waals surface area contributed by atoms with Gasteiger partial charge in [0.2, 0.25) is 0 Å². The second kappa shape index (κ2) is 6.70. The first-order valence-corrected chi connectivity index (χ1v) is 8.95. The Labute approximate surface area is 129 Å². The SMILES string of the molecule is CCC(N)C(c1cc(Br)cs1)N(CC(C)C)C1CC1. The summed E-state index contributed by atoms with van der Waals surface area (Å²) in [4.78, 5) is 4.07. The monoisotopic (exact) mass is 344 g/mol. The van der Waals surface area contributed by atoms with Crippen LogP contribution in [0.1, 0.15) is 51.0 Å². The molecule has 2 nitrogen and oxygen atoms in total. The first kappa shape index (κ1) is 15.5. The Bertz CT molecular complexity index is 401. The van der Waals surface area contributed by atoms with Crippen LogP contribution in [0.2, 0.25) is 0 Å². The minimum Gasteiger partial charge on any atom is -0.326 e. The lowest BCUT2D eigenvalue weighted by Crippen LogP contribution is -2.43. The Morgan fingerprint density at radius 2 is 2.16 bits per heavy atom. The van der Waals surface area contributed by atoms with Gasteiger partial charge in [-0.05, 0) is 47.2 Å². The fourth-order valence-corrected chi connectivity index (χ4v) is 4.28. The number of thiophene rings is 1. The fraction of sp³-hybridized carbons (Fsp3) is 0.733. The molecule has 1 fully saturated rings. The number of hydrogen-bond donors (Lipinski definition) is 1. The van der Waals surface area contributed by atoms with E-state index in [1.807, 2.05) is 11.3 Å². The summed E-state index contributed by atoms with van der Waals surface area (Å²) in [6.45, 7) is 7.95. The molecule has 1 aliphatic rings. The molecular formula is C15H25BrN2S. The topological polar surface area (TPSA) is 29.3 Å². The molecule has 1 saturated carbocycles. The lowest BCUT2D eigenvalue weighted by atomic mass is 10.0. The first-order chi connectivity index (χ1) is 9.02. The minimum atomic E-state index is 0.227. The van der Waals surface area contributed by atoms with Crippen LogP contribution < -0.4 is 5.73 Å². The van der Waals surface area contributed by atoms with Gasteiger partial charge in [-0.3, -0.25) is 4.90 Å². The highest BCUT2D eigenvalue weighted by molar-refractivity contribution is 9.10. The standard InChI is InChI=1S/C15H25BrN2S/c1-4-13(17)15(14-7-11(16)9-19-14)18(8-10(2)3)12-5-6-12/h7,9-10,12-13,15H,4-6,8,17H2,1-3H3. The van der Waals surface area contributed by atoms with E-state index < -0.39 is 0 Å². The van der Waals surface area contributed by atoms with Crippen molar-refractivity contribution < 1.29 is 0 Å². The lowest BCUT2D eigenvalue weighted by Gasteiger charge is -2.36. The molecule has 2 N–H and O–H groups in total. The largest absolute Gasteiger partial charge is 0.326 e. The summed E-state index contributed by atoms with van der Waals surface area (Å²) in [5.41, 5.74) is 6.45. The van der Waals surface area contributed by atoms with Gasteiger partial charge >= 0.3 is 0 Å². The molecule has 1 aliphatic carbocycles. The summed E-state index contributed by atoms with van der Waals surface area (Å²) < 4.78 is 1.18. The highest BCUT2D eigenvalue weighted by Gasteiger charge is 2.37. The van der Waals surface area contributed by atoms with Gasteiger partial charge in [0.05, 0.1) is 6.04 Å². The van der Waals surface area contributed by atoms with E-state index in [4.69, 9.17) is 5.73 Å². The smallest absolute Gasteiger partial charge is 0.0596 e. The molecule has 19 heavy (non-hydrogen) atoms. The molecule has 108 valence electrons. The maximum atomic E-state index is 6.45. The zero-order valence-corrected chi connectivity index (χ0v) is 14.5. The van der Waals surface area contributed by atoms with E-state index in [9.17, 15) is 0 Å². The van der Waals surface area contributed by atoms with Crippen molar-refractivity contribution in [2.45, 2.75) is 58.2 Å². The normalized spacial score (nSPS) is 19.1. The Morgan fingerprint density at radius 1 is 1.47 bits per heavy atom. The van der Waals surface area contributed by atoms with Gasteiger partial charge in [-0.1, -0.05) is 20.8 Å². The number of nitrogens with two attached hydrogens (primary N) is 1. The maximum absolute atomic E-state index is 6.45. The average Bonchev–Trinajstić information content (AvgIpc) is 3.11. The van der Waals surface area contributed by atoms with Gasteiger partial charge in [0.25, 0.3) is 0 Å². The Balaban J connectivity index is 2.24. The Hall–Kier alpha value is 0.1000. The quantitative estimate of drug-likeness (QED) is 0.793. The van der Waals surface area contributed by atoms with E-state index in [1.165, 1.54) is 22.2 Å². The number of nitrogens with zero attached hydrogens (tertiary/aromatic N) is 1. The third kappa shape index (κ3) is 4.03. The summed E-state index contributed by atoms with van der Waals surface area (Å²) in [6, 6.07) is 3.62. The van der Waals surface area contributed by atoms with Gasteiger partial charge in [-0.25, -0.2) is 0 Å². The molecule has 4 heteroatoms. The zero-order chi connectivity index (χ0) is 14.0. The summed E-state index contributed by atoms with van der Waals surface area (Å²) in [7, 11) is 0. The Morgan fingerprint density at radius 3 is 2.58 bits per heavy atom. The number of hydrogen-bond acceptors (Lipinski definition) is 3. The molecule has 1 heterocycles. The first-order valence-electron chi connectivity index (χ1n) is 7.28. The van der Waals surface area contributed by atoms with Crippen molar-refractivity contribution in [3.8, 4) is 0 Å². The second-order valence-corrected chi connectivity index (χ2v) is 7.86. The van der Waals surface area contributed by atoms with Gasteiger partial charge < -0.3 is 5.73 Å². The van der Waals surface area contributed by atoms with Crippen LogP contribution in [0.4, 0.5) is 0 Å². The van der Waals surface area contributed by atoms with E-state index in [-0.39, 0.29) is 6.04 Å². The van der Waals surface area contributed by atoms with Crippen LogP contribution in [-0.4, -0.2) is 23.5 Å². The highest BCUT2D eigenvalue weighted by atomic mass is 79.9. The third-order valence-corrected chi connectivity index (χ3v) is 5.47. The lowest BCUT2D eigenvalue weighted by molar-refractivity contribution is 0.144. The van der Waals surface area contributed by atoms with E-state index in [0.717, 1.165) is 19.0 Å². The van der Waals surface area contributed by atoms with Crippen LogP contribution in [0.3, 0.4) is 0 Å². The number of halogens is 1. The van der Waals surface area contributed by atoms with E-state index >= 15 is 0 Å². The van der Waals surface area contributed by atoms with Crippen LogP contribution in [-0.2, 0) is 0 Å². The molecule has 0 saturated heterocycles. The summed E-state index contributed by atoms with van der Waals surface area (Å²) >= 11 is 5.41. The third-order valence-electron chi connectivity index (χ3n) is 3.71. The van der Waals surface area contributed by atoms with Gasteiger partial charge in [0, 0.05) is 33.4 Å². The van der Waals surface area contributed by atoms with Gasteiger partial charge in [0.1, 0.15) is 0 Å². The molecule has 0 aliphatic heterocycles. The minimum absolute atomic E-state index is 0.227. The summed E-state index contributed by atoms with van der Waals surface area (Å²) in [5, 5.41) is 2.17. The van der Waals surface area contributed by atoms with Gasteiger partial charge in [0.15, 0.2) is 0 Å². The average molecular weight is 345 g/mol. The van der Waals surface area contributed by atoms with E-state index in [2.05, 4.69) is 53.0 Å². The van der Waals surface area contributed by atoms with E-state index in [0.29, 0.717) is 12.0 Å². The zero-order valence-electron chi connectivity index (χ0n) is 12.1. The van der Waals surface area contributed by atoms with E-state index in [1.54, 1.807) is 0 Å². The van der Waals surface area contributed by atoms with Crippen molar-refractivity contribution in [3.63, 3.8) is 0 Å². The molecule has 0 aromatic carbocycles. The van der Waals surface area contributed by atoms with Crippen LogP contribution in [0, 0.1) is 5.92 Å². The summed E-state index contributed by atoms with van der Waals surface area (Å²) in [6.07, 6.45) is 3.71. The molecule has 2 atom stereocenters. The Kier molecular flexibility index (Phi) is 5.46. The number of rotatable bonds is 7. The van der Waals surface area contributed by atoms with Crippen LogP contribution in [0.5, 0.6) is 0 Å². The highest BCUT2D eigenvalue weighted by Crippen LogP contribution is 2.39. The molecule has 1 aromatic heterocycles. The molecule has 2 rings (SSSR count). The van der Waals surface area contributed by atoms with Crippen molar-refractivity contribution >= 4 is 27.3 Å². The predicted octanol–water partition coefficient (Wildman–Crippen LogP) is 4.41. The molecule has 0 spiro atoms. The van der Waals surface area contributed by atoms with Crippen molar-refractivity contribution in [1.29, 1.82) is 0 Å². The molecule has 0 amide bonds. The molecule has 0 bridgehead atoms. The van der Waals surface area contributed by atoms with Crippen molar-refractivity contribution in [2.75, 3.05) is 6.54 Å². The molecule has 2 unspecified atom stereocenters. The second-order valence-electron chi connectivity index (χ2n) is 6.01. The molecule has 1 aromatic rings. The fourth-order valence-electron chi connectivity index (χ4n) is 2.64. The van der Waals surface area contributed by atoms with Gasteiger partial charge in [-0.15, -0.1) is 11.3 Å².